The van der Waals surface area contributed by atoms with E-state index in [9.17, 15) is 4.79 Å². The van der Waals surface area contributed by atoms with Gasteiger partial charge in [-0.1, -0.05) is 55.5 Å². The first-order valence-electron chi connectivity index (χ1n) is 11.6. The van der Waals surface area contributed by atoms with E-state index in [4.69, 9.17) is 4.74 Å². The third-order valence-corrected chi connectivity index (χ3v) is 6.63. The lowest BCUT2D eigenvalue weighted by Crippen LogP contribution is -2.37. The maximum atomic E-state index is 12.9. The Kier molecular flexibility index (Phi) is 5.71. The quantitative estimate of drug-likeness (QED) is 0.563. The Bertz CT molecular complexity index is 1250. The van der Waals surface area contributed by atoms with Gasteiger partial charge in [-0.15, -0.1) is 0 Å². The molecule has 2 heterocycles. The van der Waals surface area contributed by atoms with Gasteiger partial charge in [-0.3, -0.25) is 4.79 Å². The Hall–Kier alpha value is -3.11. The van der Waals surface area contributed by atoms with Crippen LogP contribution < -0.4 is 10.5 Å². The zero-order chi connectivity index (χ0) is 22.1. The van der Waals surface area contributed by atoms with Gasteiger partial charge in [0.2, 0.25) is 0 Å². The van der Waals surface area contributed by atoms with Crippen LogP contribution in [-0.4, -0.2) is 30.9 Å². The molecule has 0 bridgehead atoms. The minimum absolute atomic E-state index is 0.0600. The summed E-state index contributed by atoms with van der Waals surface area (Å²) in [4.78, 5) is 15.2. The second kappa shape index (κ2) is 8.79. The van der Waals surface area contributed by atoms with Crippen molar-refractivity contribution >= 4 is 27.7 Å². The Morgan fingerprint density at radius 1 is 1.00 bits per heavy atom. The predicted octanol–water partition coefficient (Wildman–Crippen LogP) is 5.36. The Labute approximate surface area is 189 Å². The number of aromatic nitrogens is 1. The molecule has 0 N–H and O–H groups in total. The minimum Gasteiger partial charge on any atom is -0.378 e. The maximum Gasteiger partial charge on any atom is 0.253 e. The maximum absolute atomic E-state index is 12.9. The summed E-state index contributed by atoms with van der Waals surface area (Å²) in [6.45, 7) is 7.98. The first kappa shape index (κ1) is 20.8. The number of rotatable bonds is 4. The van der Waals surface area contributed by atoms with Crippen LogP contribution in [0.4, 0.5) is 5.69 Å². The number of anilines is 1. The monoisotopic (exact) mass is 426 g/mol. The number of fused-ring (bicyclic) bond motifs is 1. The van der Waals surface area contributed by atoms with E-state index in [-0.39, 0.29) is 5.56 Å². The van der Waals surface area contributed by atoms with Crippen molar-refractivity contribution in [3.05, 3.63) is 88.2 Å². The topological polar surface area (TPSA) is 34.5 Å². The van der Waals surface area contributed by atoms with E-state index in [1.165, 1.54) is 22.3 Å². The number of ether oxygens (including phenoxy) is 1. The van der Waals surface area contributed by atoms with Crippen molar-refractivity contribution in [2.75, 3.05) is 31.2 Å². The zero-order valence-electron chi connectivity index (χ0n) is 18.9. The molecule has 1 aliphatic heterocycles. The molecule has 1 unspecified atom stereocenters. The summed E-state index contributed by atoms with van der Waals surface area (Å²) < 4.78 is 7.43. The molecule has 1 saturated heterocycles. The molecule has 2 aliphatic rings. The molecule has 0 spiro atoms. The average Bonchev–Trinajstić information content (AvgIpc) is 2.84. The van der Waals surface area contributed by atoms with Crippen molar-refractivity contribution < 1.29 is 4.74 Å². The van der Waals surface area contributed by atoms with Gasteiger partial charge < -0.3 is 14.2 Å². The molecule has 1 aliphatic carbocycles. The number of pyridine rings is 1. The van der Waals surface area contributed by atoms with Gasteiger partial charge in [0, 0.05) is 31.1 Å². The molecule has 0 saturated carbocycles. The van der Waals surface area contributed by atoms with Gasteiger partial charge in [0.1, 0.15) is 0 Å². The molecular weight excluding hydrogens is 396 g/mol. The van der Waals surface area contributed by atoms with Gasteiger partial charge in [0.15, 0.2) is 0 Å². The van der Waals surface area contributed by atoms with Crippen molar-refractivity contribution in [1.29, 1.82) is 0 Å². The van der Waals surface area contributed by atoms with Crippen molar-refractivity contribution in [3.63, 3.8) is 0 Å². The molecule has 1 aromatic heterocycles. The normalized spacial score (nSPS) is 19.1. The smallest absolute Gasteiger partial charge is 0.253 e. The van der Waals surface area contributed by atoms with Gasteiger partial charge >= 0.3 is 0 Å². The summed E-state index contributed by atoms with van der Waals surface area (Å²) in [5.74, 6) is 0.517. The molecule has 1 atom stereocenters. The van der Waals surface area contributed by atoms with Crippen LogP contribution in [0.25, 0.3) is 22.0 Å². The van der Waals surface area contributed by atoms with Gasteiger partial charge in [-0.25, -0.2) is 0 Å². The van der Waals surface area contributed by atoms with Crippen molar-refractivity contribution in [1.82, 2.24) is 4.57 Å². The lowest BCUT2D eigenvalue weighted by Gasteiger charge is -2.30. The van der Waals surface area contributed by atoms with Crippen molar-refractivity contribution in [3.8, 4) is 0 Å². The fraction of sp³-hybridized carbons (Fsp3) is 0.321. The van der Waals surface area contributed by atoms with E-state index >= 15 is 0 Å². The second-order valence-electron chi connectivity index (χ2n) is 8.74. The summed E-state index contributed by atoms with van der Waals surface area (Å²) in [5, 5.41) is 1.14. The number of allylic oxidation sites excluding steroid dienone is 4. The molecule has 4 nitrogen and oxygen atoms in total. The average molecular weight is 427 g/mol. The standard InChI is InChI=1S/C28H30N2O2/c1-3-30-26-12-10-22(18-25(26)27(19-28(30)31)29-13-15-32-16-14-29)23-11-9-20(2)17-24(23)21-7-5-4-6-8-21/h4-12,18-20H,3,13-17H2,1-2H3. The lowest BCUT2D eigenvalue weighted by molar-refractivity contribution is 0.123. The van der Waals surface area contributed by atoms with Crippen LogP contribution >= 0.6 is 0 Å². The van der Waals surface area contributed by atoms with Gasteiger partial charge in [-0.05, 0) is 53.7 Å². The first-order chi connectivity index (χ1) is 15.7. The fourth-order valence-corrected chi connectivity index (χ4v) is 4.97. The van der Waals surface area contributed by atoms with Crippen LogP contribution in [0.1, 0.15) is 31.4 Å². The molecule has 32 heavy (non-hydrogen) atoms. The molecule has 164 valence electrons. The van der Waals surface area contributed by atoms with Crippen LogP contribution in [0.3, 0.4) is 0 Å². The van der Waals surface area contributed by atoms with Gasteiger partial charge in [0.25, 0.3) is 5.56 Å². The highest BCUT2D eigenvalue weighted by Gasteiger charge is 2.20. The van der Waals surface area contributed by atoms with Crippen LogP contribution in [0.2, 0.25) is 0 Å². The van der Waals surface area contributed by atoms with E-state index in [0.717, 1.165) is 36.1 Å². The fourth-order valence-electron chi connectivity index (χ4n) is 4.97. The largest absolute Gasteiger partial charge is 0.378 e. The predicted molar refractivity (Wildman–Crippen MR) is 133 cm³/mol. The summed E-state index contributed by atoms with van der Waals surface area (Å²) in [7, 11) is 0. The summed E-state index contributed by atoms with van der Waals surface area (Å²) in [5.41, 5.74) is 7.23. The molecular formula is C28H30N2O2. The molecule has 0 radical (unpaired) electrons. The minimum atomic E-state index is 0.0600. The third-order valence-electron chi connectivity index (χ3n) is 6.63. The highest BCUT2D eigenvalue weighted by Crippen LogP contribution is 2.38. The molecule has 1 fully saturated rings. The Balaban J connectivity index is 1.72. The van der Waals surface area contributed by atoms with Crippen LogP contribution in [0.15, 0.2) is 71.5 Å². The Morgan fingerprint density at radius 2 is 1.78 bits per heavy atom. The highest BCUT2D eigenvalue weighted by atomic mass is 16.5. The number of hydrogen-bond acceptors (Lipinski definition) is 3. The molecule has 0 amide bonds. The zero-order valence-corrected chi connectivity index (χ0v) is 18.9. The lowest BCUT2D eigenvalue weighted by atomic mass is 9.83. The van der Waals surface area contributed by atoms with Gasteiger partial charge in [0.05, 0.1) is 24.4 Å². The van der Waals surface area contributed by atoms with E-state index in [1.807, 2.05) is 17.6 Å². The number of benzene rings is 2. The summed E-state index contributed by atoms with van der Waals surface area (Å²) in [6.07, 6.45) is 5.61. The van der Waals surface area contributed by atoms with Crippen LogP contribution in [-0.2, 0) is 11.3 Å². The molecule has 5 rings (SSSR count). The van der Waals surface area contributed by atoms with E-state index in [1.54, 1.807) is 0 Å². The SMILES string of the molecule is CCn1c(=O)cc(N2CCOCC2)c2cc(C3=C(c4ccccc4)CC(C)C=C3)ccc21. The van der Waals surface area contributed by atoms with E-state index in [0.29, 0.717) is 25.7 Å². The highest BCUT2D eigenvalue weighted by molar-refractivity contribution is 6.01. The molecule has 2 aromatic carbocycles. The first-order valence-corrected chi connectivity index (χ1v) is 11.6. The van der Waals surface area contributed by atoms with Crippen LogP contribution in [0.5, 0.6) is 0 Å². The molecule has 4 heteroatoms. The Morgan fingerprint density at radius 3 is 2.53 bits per heavy atom. The van der Waals surface area contributed by atoms with Gasteiger partial charge in [-0.2, -0.15) is 0 Å². The molecule has 3 aromatic rings. The number of hydrogen-bond donors (Lipinski definition) is 0. The number of nitrogens with zero attached hydrogens (tertiary/aromatic N) is 2. The van der Waals surface area contributed by atoms with Crippen molar-refractivity contribution in [2.45, 2.75) is 26.8 Å². The van der Waals surface area contributed by atoms with Crippen LogP contribution in [0, 0.1) is 5.92 Å². The summed E-state index contributed by atoms with van der Waals surface area (Å²) >= 11 is 0. The van der Waals surface area contributed by atoms with E-state index in [2.05, 4.69) is 72.5 Å². The third kappa shape index (κ3) is 3.80. The number of morpholine rings is 1. The summed E-state index contributed by atoms with van der Waals surface area (Å²) in [6, 6.07) is 19.1. The van der Waals surface area contributed by atoms with Crippen molar-refractivity contribution in [2.24, 2.45) is 5.92 Å². The number of aryl methyl sites for hydroxylation is 1. The van der Waals surface area contributed by atoms with E-state index < -0.39 is 0 Å². The second-order valence-corrected chi connectivity index (χ2v) is 8.74.